The van der Waals surface area contributed by atoms with E-state index in [1.54, 1.807) is 0 Å². The van der Waals surface area contributed by atoms with Gasteiger partial charge in [-0.1, -0.05) is 59.7 Å². The van der Waals surface area contributed by atoms with Crippen molar-refractivity contribution in [2.45, 2.75) is 58.0 Å². The van der Waals surface area contributed by atoms with Gasteiger partial charge < -0.3 is 9.74 Å². The molecule has 3 heteroatoms. The molecule has 2 aromatic carbocycles. The van der Waals surface area contributed by atoms with Gasteiger partial charge in [0, 0.05) is 6.04 Å². The van der Waals surface area contributed by atoms with Gasteiger partial charge in [-0.15, -0.1) is 0 Å². The molecule has 0 radical (unpaired) electrons. The lowest BCUT2D eigenvalue weighted by Gasteiger charge is -2.44. The zero-order chi connectivity index (χ0) is 18.1. The maximum absolute atomic E-state index is 7.04. The minimum Gasteiger partial charge on any atom is -0.403 e. The average molecular weight is 354 g/mol. The summed E-state index contributed by atoms with van der Waals surface area (Å²) < 4.78 is 7.04. The second kappa shape index (κ2) is 7.06. The Labute approximate surface area is 153 Å². The molecule has 1 saturated heterocycles. The fourth-order valence-electron chi connectivity index (χ4n) is 3.87. The topological polar surface area (TPSA) is 21.3 Å². The van der Waals surface area contributed by atoms with Crippen LogP contribution in [0.3, 0.4) is 0 Å². The SMILES string of the molecule is Cc1ccc(C(O[Si](C)(C)C)(c2ccc(C)cc2)C2CCCN2)cc1. The predicted molar refractivity (Wildman–Crippen MR) is 109 cm³/mol. The summed E-state index contributed by atoms with van der Waals surface area (Å²) in [5.74, 6) is 0. The standard InChI is InChI=1S/C22H31NOSi/c1-17-8-12-19(13-9-17)22(24-25(3,4)5,21-7-6-16-23-21)20-14-10-18(2)11-15-20/h8-15,21,23H,6-7,16H2,1-5H3. The predicted octanol–water partition coefficient (Wildman–Crippen LogP) is 5.15. The lowest BCUT2D eigenvalue weighted by atomic mass is 9.79. The van der Waals surface area contributed by atoms with E-state index in [0.29, 0.717) is 6.04 Å². The molecule has 0 amide bonds. The molecule has 134 valence electrons. The highest BCUT2D eigenvalue weighted by Crippen LogP contribution is 2.42. The third-order valence-corrected chi connectivity index (χ3v) is 5.91. The lowest BCUT2D eigenvalue weighted by molar-refractivity contribution is 0.0639. The van der Waals surface area contributed by atoms with Crippen LogP contribution in [-0.4, -0.2) is 20.9 Å². The van der Waals surface area contributed by atoms with Gasteiger partial charge in [0.15, 0.2) is 8.32 Å². The molecule has 0 spiro atoms. The smallest absolute Gasteiger partial charge is 0.185 e. The molecular formula is C22H31NOSi. The summed E-state index contributed by atoms with van der Waals surface area (Å²) >= 11 is 0. The zero-order valence-corrected chi connectivity index (χ0v) is 17.2. The molecule has 1 fully saturated rings. The van der Waals surface area contributed by atoms with Crippen LogP contribution in [0.1, 0.15) is 35.1 Å². The summed E-state index contributed by atoms with van der Waals surface area (Å²) in [4.78, 5) is 0. The third kappa shape index (κ3) is 3.89. The Bertz CT molecular complexity index is 649. The van der Waals surface area contributed by atoms with E-state index in [0.717, 1.165) is 13.0 Å². The van der Waals surface area contributed by atoms with E-state index in [1.165, 1.54) is 28.7 Å². The Kier molecular flexibility index (Phi) is 5.19. The molecule has 1 aliphatic rings. The van der Waals surface area contributed by atoms with Gasteiger partial charge in [0.1, 0.15) is 5.60 Å². The highest BCUT2D eigenvalue weighted by Gasteiger charge is 2.46. The maximum atomic E-state index is 7.04. The number of hydrogen-bond donors (Lipinski definition) is 1. The Morgan fingerprint density at radius 1 is 0.880 bits per heavy atom. The molecule has 2 nitrogen and oxygen atoms in total. The summed E-state index contributed by atoms with van der Waals surface area (Å²) in [6.07, 6.45) is 2.35. The molecule has 3 rings (SSSR count). The first kappa shape index (κ1) is 18.4. The monoisotopic (exact) mass is 353 g/mol. The molecule has 1 unspecified atom stereocenters. The van der Waals surface area contributed by atoms with E-state index >= 15 is 0 Å². The van der Waals surface area contributed by atoms with Crippen molar-refractivity contribution in [3.63, 3.8) is 0 Å². The first-order chi connectivity index (χ1) is 11.8. The van der Waals surface area contributed by atoms with E-state index in [1.807, 2.05) is 0 Å². The minimum absolute atomic E-state index is 0.310. The molecular weight excluding hydrogens is 322 g/mol. The largest absolute Gasteiger partial charge is 0.403 e. The van der Waals surface area contributed by atoms with Crippen LogP contribution >= 0.6 is 0 Å². The minimum atomic E-state index is -1.79. The van der Waals surface area contributed by atoms with Crippen molar-refractivity contribution in [3.8, 4) is 0 Å². The van der Waals surface area contributed by atoms with Gasteiger partial charge in [-0.05, 0) is 64.0 Å². The number of nitrogens with one attached hydrogen (secondary N) is 1. The Morgan fingerprint density at radius 3 is 1.72 bits per heavy atom. The van der Waals surface area contributed by atoms with E-state index in [4.69, 9.17) is 4.43 Å². The molecule has 1 heterocycles. The second-order valence-electron chi connectivity index (χ2n) is 8.33. The average Bonchev–Trinajstić information content (AvgIpc) is 3.08. The summed E-state index contributed by atoms with van der Waals surface area (Å²) in [7, 11) is -1.79. The summed E-state index contributed by atoms with van der Waals surface area (Å²) in [5.41, 5.74) is 4.69. The van der Waals surface area contributed by atoms with Gasteiger partial charge in [-0.25, -0.2) is 0 Å². The van der Waals surface area contributed by atoms with Crippen molar-refractivity contribution in [1.29, 1.82) is 0 Å². The first-order valence-corrected chi connectivity index (χ1v) is 12.8. The molecule has 1 atom stereocenters. The van der Waals surface area contributed by atoms with Gasteiger partial charge in [-0.3, -0.25) is 0 Å². The fraction of sp³-hybridized carbons (Fsp3) is 0.455. The molecule has 0 aromatic heterocycles. The van der Waals surface area contributed by atoms with E-state index in [9.17, 15) is 0 Å². The summed E-state index contributed by atoms with van der Waals surface area (Å²) in [5, 5.41) is 3.74. The van der Waals surface area contributed by atoms with Crippen LogP contribution < -0.4 is 5.32 Å². The van der Waals surface area contributed by atoms with Gasteiger partial charge in [-0.2, -0.15) is 0 Å². The second-order valence-corrected chi connectivity index (χ2v) is 12.8. The van der Waals surface area contributed by atoms with Gasteiger partial charge in [0.05, 0.1) is 0 Å². The molecule has 0 saturated carbocycles. The van der Waals surface area contributed by atoms with Gasteiger partial charge >= 0.3 is 0 Å². The molecule has 0 bridgehead atoms. The molecule has 1 N–H and O–H groups in total. The molecule has 0 aliphatic carbocycles. The van der Waals surface area contributed by atoms with E-state index < -0.39 is 13.9 Å². The van der Waals surface area contributed by atoms with Crippen molar-refractivity contribution in [2.24, 2.45) is 0 Å². The highest BCUT2D eigenvalue weighted by atomic mass is 28.4. The molecule has 2 aromatic rings. The van der Waals surface area contributed by atoms with Crippen LogP contribution in [0.25, 0.3) is 0 Å². The van der Waals surface area contributed by atoms with E-state index in [2.05, 4.69) is 87.3 Å². The van der Waals surface area contributed by atoms with Crippen molar-refractivity contribution < 1.29 is 4.43 Å². The number of hydrogen-bond acceptors (Lipinski definition) is 2. The van der Waals surface area contributed by atoms with E-state index in [-0.39, 0.29) is 0 Å². The van der Waals surface area contributed by atoms with Crippen molar-refractivity contribution in [1.82, 2.24) is 5.32 Å². The highest BCUT2D eigenvalue weighted by molar-refractivity contribution is 6.69. The van der Waals surface area contributed by atoms with Crippen LogP contribution in [-0.2, 0) is 10.0 Å². The Balaban J connectivity index is 2.21. The maximum Gasteiger partial charge on any atom is 0.185 e. The van der Waals surface area contributed by atoms with Crippen molar-refractivity contribution >= 4 is 8.32 Å². The first-order valence-electron chi connectivity index (χ1n) is 9.39. The summed E-state index contributed by atoms with van der Waals surface area (Å²) in [6, 6.07) is 18.2. The Morgan fingerprint density at radius 2 is 1.36 bits per heavy atom. The zero-order valence-electron chi connectivity index (χ0n) is 16.2. The van der Waals surface area contributed by atoms with Crippen molar-refractivity contribution in [3.05, 3.63) is 70.8 Å². The number of benzene rings is 2. The van der Waals surface area contributed by atoms with Crippen LogP contribution in [0, 0.1) is 13.8 Å². The lowest BCUT2D eigenvalue weighted by Crippen LogP contribution is -2.53. The van der Waals surface area contributed by atoms with Crippen LogP contribution in [0.5, 0.6) is 0 Å². The van der Waals surface area contributed by atoms with Crippen LogP contribution in [0.4, 0.5) is 0 Å². The van der Waals surface area contributed by atoms with Crippen LogP contribution in [0.2, 0.25) is 19.6 Å². The number of rotatable bonds is 5. The third-order valence-electron chi connectivity index (χ3n) is 4.98. The van der Waals surface area contributed by atoms with Gasteiger partial charge in [0.2, 0.25) is 0 Å². The fourth-order valence-corrected chi connectivity index (χ4v) is 5.22. The normalized spacial score (nSPS) is 18.5. The van der Waals surface area contributed by atoms with Crippen LogP contribution in [0.15, 0.2) is 48.5 Å². The molecule has 25 heavy (non-hydrogen) atoms. The molecule has 1 aliphatic heterocycles. The van der Waals surface area contributed by atoms with Gasteiger partial charge in [0.25, 0.3) is 0 Å². The number of aryl methyl sites for hydroxylation is 2. The quantitative estimate of drug-likeness (QED) is 0.751. The summed E-state index contributed by atoms with van der Waals surface area (Å²) in [6.45, 7) is 12.2. The Hall–Kier alpha value is -1.42. The van der Waals surface area contributed by atoms with Crippen molar-refractivity contribution in [2.75, 3.05) is 6.54 Å².